The van der Waals surface area contributed by atoms with Gasteiger partial charge in [-0.2, -0.15) is 0 Å². The first kappa shape index (κ1) is 24.2. The van der Waals surface area contributed by atoms with Crippen molar-refractivity contribution in [3.63, 3.8) is 0 Å². The van der Waals surface area contributed by atoms with E-state index in [1.54, 1.807) is 7.05 Å². The third-order valence-electron chi connectivity index (χ3n) is 4.27. The molecule has 0 saturated carbocycles. The number of guanidine groups is 1. The van der Waals surface area contributed by atoms with Crippen LogP contribution in [0.2, 0.25) is 0 Å². The zero-order valence-corrected chi connectivity index (χ0v) is 19.6. The van der Waals surface area contributed by atoms with Crippen molar-refractivity contribution in [3.05, 3.63) is 65.7 Å². The summed E-state index contributed by atoms with van der Waals surface area (Å²) in [4.78, 5) is 6.39. The first-order valence-electron chi connectivity index (χ1n) is 9.41. The van der Waals surface area contributed by atoms with E-state index in [0.29, 0.717) is 19.1 Å². The van der Waals surface area contributed by atoms with Crippen LogP contribution in [-0.4, -0.2) is 40.3 Å². The second-order valence-electron chi connectivity index (χ2n) is 6.97. The molecule has 0 heterocycles. The number of nitrogens with one attached hydrogen (secondary N) is 2. The van der Waals surface area contributed by atoms with E-state index >= 15 is 0 Å². The molecule has 1 unspecified atom stereocenters. The third kappa shape index (κ3) is 8.93. The Morgan fingerprint density at radius 1 is 1.00 bits per heavy atom. The molecule has 0 aliphatic heterocycles. The molecule has 1 atom stereocenters. The van der Waals surface area contributed by atoms with E-state index in [1.807, 2.05) is 32.3 Å². The van der Waals surface area contributed by atoms with E-state index in [0.717, 1.165) is 19.0 Å². The smallest absolute Gasteiger partial charge is 0.191 e. The summed E-state index contributed by atoms with van der Waals surface area (Å²) >= 11 is 0. The Morgan fingerprint density at radius 2 is 1.68 bits per heavy atom. The fourth-order valence-electron chi connectivity index (χ4n) is 2.60. The minimum absolute atomic E-state index is 0. The fourth-order valence-corrected chi connectivity index (χ4v) is 2.60. The van der Waals surface area contributed by atoms with Gasteiger partial charge in [0.05, 0.1) is 13.2 Å². The minimum atomic E-state index is 0. The van der Waals surface area contributed by atoms with Gasteiger partial charge in [-0.05, 0) is 29.2 Å². The van der Waals surface area contributed by atoms with Crippen LogP contribution in [0.25, 0.3) is 0 Å². The summed E-state index contributed by atoms with van der Waals surface area (Å²) in [6, 6.07) is 18.8. The van der Waals surface area contributed by atoms with Crippen molar-refractivity contribution in [2.75, 3.05) is 39.2 Å². The number of hydrogen-bond acceptors (Lipinski definition) is 3. The molecule has 6 heteroatoms. The van der Waals surface area contributed by atoms with Gasteiger partial charge in [-0.25, -0.2) is 0 Å². The Labute approximate surface area is 186 Å². The van der Waals surface area contributed by atoms with Crippen molar-refractivity contribution in [2.45, 2.75) is 20.1 Å². The van der Waals surface area contributed by atoms with Gasteiger partial charge in [0.2, 0.25) is 0 Å². The molecule has 2 aromatic rings. The summed E-state index contributed by atoms with van der Waals surface area (Å²) in [5, 5.41) is 6.72. The molecule has 2 aromatic carbocycles. The van der Waals surface area contributed by atoms with E-state index in [1.165, 1.54) is 16.8 Å². The Morgan fingerprint density at radius 3 is 2.29 bits per heavy atom. The lowest BCUT2D eigenvalue weighted by Gasteiger charge is -2.17. The van der Waals surface area contributed by atoms with Crippen molar-refractivity contribution >= 4 is 35.6 Å². The van der Waals surface area contributed by atoms with E-state index < -0.39 is 0 Å². The lowest BCUT2D eigenvalue weighted by Crippen LogP contribution is -2.39. The summed E-state index contributed by atoms with van der Waals surface area (Å²) in [6.07, 6.45) is 0. The monoisotopic (exact) mass is 496 g/mol. The number of benzene rings is 2. The zero-order chi connectivity index (χ0) is 19.5. The standard InChI is InChI=1S/C22H32N4O.HI/c1-18(16-27-17-20-8-6-5-7-9-20)14-24-22(23-2)25-15-19-10-12-21(13-11-19)26(3)4;/h5-13,18H,14-17H2,1-4H3,(H2,23,24,25);1H. The van der Waals surface area contributed by atoms with Crippen LogP contribution in [0, 0.1) is 5.92 Å². The minimum Gasteiger partial charge on any atom is -0.378 e. The molecule has 0 amide bonds. The summed E-state index contributed by atoms with van der Waals surface area (Å²) < 4.78 is 5.80. The highest BCUT2D eigenvalue weighted by atomic mass is 127. The molecular formula is C22H33IN4O. The van der Waals surface area contributed by atoms with Crippen LogP contribution < -0.4 is 15.5 Å². The fraction of sp³-hybridized carbons (Fsp3) is 0.409. The van der Waals surface area contributed by atoms with Crippen LogP contribution in [0.15, 0.2) is 59.6 Å². The number of rotatable bonds is 9. The summed E-state index contributed by atoms with van der Waals surface area (Å²) in [7, 11) is 5.88. The molecule has 0 spiro atoms. The van der Waals surface area contributed by atoms with Gasteiger partial charge in [0, 0.05) is 39.9 Å². The predicted octanol–water partition coefficient (Wildman–Crippen LogP) is 3.89. The molecule has 5 nitrogen and oxygen atoms in total. The van der Waals surface area contributed by atoms with Crippen molar-refractivity contribution in [1.82, 2.24) is 10.6 Å². The normalized spacial score (nSPS) is 12.1. The van der Waals surface area contributed by atoms with Gasteiger partial charge in [0.25, 0.3) is 0 Å². The Bertz CT molecular complexity index is 689. The highest BCUT2D eigenvalue weighted by molar-refractivity contribution is 14.0. The molecule has 2 rings (SSSR count). The average Bonchev–Trinajstić information content (AvgIpc) is 2.69. The summed E-state index contributed by atoms with van der Waals surface area (Å²) in [6.45, 7) is 5.09. The first-order valence-corrected chi connectivity index (χ1v) is 9.41. The first-order chi connectivity index (χ1) is 13.1. The molecular weight excluding hydrogens is 463 g/mol. The lowest BCUT2D eigenvalue weighted by molar-refractivity contribution is 0.0931. The molecule has 0 bridgehead atoms. The van der Waals surface area contributed by atoms with Gasteiger partial charge in [0.1, 0.15) is 0 Å². The van der Waals surface area contributed by atoms with Crippen LogP contribution in [0.3, 0.4) is 0 Å². The van der Waals surface area contributed by atoms with Gasteiger partial charge in [0.15, 0.2) is 5.96 Å². The summed E-state index contributed by atoms with van der Waals surface area (Å²) in [5.41, 5.74) is 3.63. The number of anilines is 1. The van der Waals surface area contributed by atoms with Gasteiger partial charge in [-0.1, -0.05) is 49.4 Å². The zero-order valence-electron chi connectivity index (χ0n) is 17.3. The molecule has 0 aromatic heterocycles. The number of nitrogens with zero attached hydrogens (tertiary/aromatic N) is 2. The second kappa shape index (κ2) is 13.4. The number of hydrogen-bond donors (Lipinski definition) is 2. The van der Waals surface area contributed by atoms with Crippen LogP contribution in [-0.2, 0) is 17.9 Å². The van der Waals surface area contributed by atoms with E-state index in [2.05, 4.69) is 63.8 Å². The van der Waals surface area contributed by atoms with Crippen molar-refractivity contribution in [3.8, 4) is 0 Å². The quantitative estimate of drug-likeness (QED) is 0.314. The molecule has 0 aliphatic rings. The molecule has 0 radical (unpaired) electrons. The van der Waals surface area contributed by atoms with Crippen LogP contribution >= 0.6 is 24.0 Å². The molecule has 2 N–H and O–H groups in total. The maximum Gasteiger partial charge on any atom is 0.191 e. The van der Waals surface area contributed by atoms with E-state index in [-0.39, 0.29) is 24.0 Å². The molecule has 0 saturated heterocycles. The van der Waals surface area contributed by atoms with Crippen molar-refractivity contribution < 1.29 is 4.74 Å². The predicted molar refractivity (Wildman–Crippen MR) is 130 cm³/mol. The van der Waals surface area contributed by atoms with Gasteiger partial charge >= 0.3 is 0 Å². The number of aliphatic imine (C=N–C) groups is 1. The van der Waals surface area contributed by atoms with Gasteiger partial charge in [-0.3, -0.25) is 4.99 Å². The Hall–Kier alpha value is -1.80. The molecule has 28 heavy (non-hydrogen) atoms. The second-order valence-corrected chi connectivity index (χ2v) is 6.97. The SMILES string of the molecule is CN=C(NCc1ccc(N(C)C)cc1)NCC(C)COCc1ccccc1.I. The summed E-state index contributed by atoms with van der Waals surface area (Å²) in [5.74, 6) is 1.20. The lowest BCUT2D eigenvalue weighted by atomic mass is 10.2. The van der Waals surface area contributed by atoms with Crippen LogP contribution in [0.4, 0.5) is 5.69 Å². The van der Waals surface area contributed by atoms with Crippen molar-refractivity contribution in [2.24, 2.45) is 10.9 Å². The molecule has 0 fully saturated rings. The maximum absolute atomic E-state index is 5.80. The highest BCUT2D eigenvalue weighted by Crippen LogP contribution is 2.11. The number of halogens is 1. The molecule has 0 aliphatic carbocycles. The van der Waals surface area contributed by atoms with Crippen LogP contribution in [0.1, 0.15) is 18.1 Å². The van der Waals surface area contributed by atoms with Gasteiger partial charge in [-0.15, -0.1) is 24.0 Å². The van der Waals surface area contributed by atoms with Gasteiger partial charge < -0.3 is 20.3 Å². The molecule has 154 valence electrons. The number of ether oxygens (including phenoxy) is 1. The van der Waals surface area contributed by atoms with Crippen molar-refractivity contribution in [1.29, 1.82) is 0 Å². The average molecular weight is 496 g/mol. The highest BCUT2D eigenvalue weighted by Gasteiger charge is 2.05. The Kier molecular flexibility index (Phi) is 11.6. The third-order valence-corrected chi connectivity index (χ3v) is 4.27. The largest absolute Gasteiger partial charge is 0.378 e. The van der Waals surface area contributed by atoms with E-state index in [9.17, 15) is 0 Å². The van der Waals surface area contributed by atoms with Crippen LogP contribution in [0.5, 0.6) is 0 Å². The topological polar surface area (TPSA) is 48.9 Å². The maximum atomic E-state index is 5.80. The van der Waals surface area contributed by atoms with E-state index in [4.69, 9.17) is 4.74 Å². The Balaban J connectivity index is 0.00000392.